The van der Waals surface area contributed by atoms with Gasteiger partial charge in [0.1, 0.15) is 48.9 Å². The quantitative estimate of drug-likeness (QED) is 0.0838. The molecule has 16 aromatic rings. The number of hydrogen-bond donors (Lipinski definition) is 0. The van der Waals surface area contributed by atoms with Gasteiger partial charge in [0.05, 0.1) is 29.8 Å². The van der Waals surface area contributed by atoms with Crippen LogP contribution in [0.3, 0.4) is 0 Å². The van der Waals surface area contributed by atoms with Crippen LogP contribution in [0.2, 0.25) is 0 Å². The first-order valence-electron chi connectivity index (χ1n) is 44.1. The second kappa shape index (κ2) is 36.2. The lowest BCUT2D eigenvalue weighted by Crippen LogP contribution is -2.32. The van der Waals surface area contributed by atoms with Crippen LogP contribution in [0.15, 0.2) is 243 Å². The van der Waals surface area contributed by atoms with E-state index in [0.29, 0.717) is 47.3 Å². The van der Waals surface area contributed by atoms with E-state index in [9.17, 15) is 0 Å². The molecule has 16 rings (SSSR count). The molecule has 9 heteroatoms. The Bertz CT molecular complexity index is 6130. The molecule has 120 heavy (non-hydrogen) atoms. The highest BCUT2D eigenvalue weighted by Gasteiger charge is 2.31. The lowest BCUT2D eigenvalue weighted by atomic mass is 9.92. The van der Waals surface area contributed by atoms with Gasteiger partial charge in [0.15, 0.2) is 0 Å². The Morgan fingerprint density at radius 1 is 0.275 bits per heavy atom. The summed E-state index contributed by atoms with van der Waals surface area (Å²) < 4.78 is 19.0. The fourth-order valence-corrected chi connectivity index (χ4v) is 18.4. The maximum atomic E-state index is 5.03. The summed E-state index contributed by atoms with van der Waals surface area (Å²) in [4.78, 5) is 5.03. The van der Waals surface area contributed by atoms with Gasteiger partial charge in [-0.15, -0.1) is 0 Å². The van der Waals surface area contributed by atoms with E-state index in [1.54, 1.807) is 0 Å². The van der Waals surface area contributed by atoms with E-state index in [1.807, 2.05) is 0 Å². The molecule has 0 aliphatic heterocycles. The zero-order valence-electron chi connectivity index (χ0n) is 76.9. The van der Waals surface area contributed by atoms with Crippen LogP contribution in [0.25, 0.3) is 112 Å². The van der Waals surface area contributed by atoms with Gasteiger partial charge in [0.2, 0.25) is 39.5 Å². The van der Waals surface area contributed by atoms with Crippen LogP contribution in [0.1, 0.15) is 249 Å². The summed E-state index contributed by atoms with van der Waals surface area (Å²) >= 11 is 0. The van der Waals surface area contributed by atoms with Crippen molar-refractivity contribution in [2.75, 3.05) is 0 Å². The van der Waals surface area contributed by atoms with Crippen molar-refractivity contribution in [3.63, 3.8) is 0 Å². The summed E-state index contributed by atoms with van der Waals surface area (Å²) in [6.45, 7) is 51.9. The van der Waals surface area contributed by atoms with Crippen molar-refractivity contribution in [2.24, 2.45) is 28.2 Å². The summed E-state index contributed by atoms with van der Waals surface area (Å²) in [7, 11) is 8.68. The van der Waals surface area contributed by atoms with Gasteiger partial charge in [-0.3, -0.25) is 4.57 Å². The summed E-state index contributed by atoms with van der Waals surface area (Å²) in [6.07, 6.45) is 3.23. The van der Waals surface area contributed by atoms with E-state index in [4.69, 9.17) is 4.98 Å². The van der Waals surface area contributed by atoms with Crippen LogP contribution in [0.5, 0.6) is 0 Å². The number of imidazole rings is 1. The minimum Gasteiger partial charge on any atom is -0.311 e. The molecule has 8 heterocycles. The van der Waals surface area contributed by atoms with Gasteiger partial charge in [-0.2, -0.15) is 13.7 Å². The van der Waals surface area contributed by atoms with E-state index in [2.05, 4.69) is 467 Å². The molecule has 0 aliphatic rings. The Hall–Kier alpha value is -11.6. The normalized spacial score (nSPS) is 11.8. The van der Waals surface area contributed by atoms with E-state index in [1.165, 1.54) is 179 Å². The number of hydrogen-bond acceptors (Lipinski definition) is 1. The average Bonchev–Trinajstić information content (AvgIpc) is 1.60. The van der Waals surface area contributed by atoms with Gasteiger partial charge in [0, 0.05) is 83.2 Å². The third kappa shape index (κ3) is 16.5. The van der Waals surface area contributed by atoms with Crippen molar-refractivity contribution in [2.45, 2.75) is 213 Å². The molecule has 0 aliphatic carbocycles. The van der Waals surface area contributed by atoms with Crippen LogP contribution in [0, 0.1) is 41.5 Å². The third-order valence-electron chi connectivity index (χ3n) is 25.0. The zero-order chi connectivity index (χ0) is 86.1. The molecular formula is C111H131N9+4. The molecule has 8 aromatic heterocycles. The minimum atomic E-state index is 0.440. The van der Waals surface area contributed by atoms with Gasteiger partial charge in [-0.05, 0) is 209 Å². The maximum Gasteiger partial charge on any atom is 0.349 e. The largest absolute Gasteiger partial charge is 0.349 e. The third-order valence-corrected chi connectivity index (χ3v) is 25.0. The maximum absolute atomic E-state index is 5.03. The number of nitrogens with zero attached hydrogens (tertiary/aromatic N) is 9. The van der Waals surface area contributed by atoms with Gasteiger partial charge in [0.25, 0.3) is 0 Å². The molecule has 0 saturated heterocycles. The molecule has 0 unspecified atom stereocenters. The second-order valence-electron chi connectivity index (χ2n) is 35.9. The van der Waals surface area contributed by atoms with Crippen molar-refractivity contribution >= 4 is 44.3 Å². The highest BCUT2D eigenvalue weighted by atomic mass is 15.2. The molecule has 0 saturated carbocycles. The molecule has 0 spiro atoms. The molecular weight excluding hydrogens is 1460 g/mol. The molecule has 9 nitrogen and oxygen atoms in total. The Labute approximate surface area is 717 Å². The smallest absolute Gasteiger partial charge is 0.311 e. The Balaban J connectivity index is 0.000000138. The van der Waals surface area contributed by atoms with Crippen LogP contribution in [-0.4, -0.2) is 23.3 Å². The number of rotatable bonds is 17. The van der Waals surface area contributed by atoms with E-state index in [-0.39, 0.29) is 0 Å². The topological polar surface area (TPSA) is 48.1 Å². The number of aryl methyl sites for hydroxylation is 11. The van der Waals surface area contributed by atoms with Crippen molar-refractivity contribution in [3.05, 3.63) is 327 Å². The Morgan fingerprint density at radius 2 is 0.567 bits per heavy atom. The van der Waals surface area contributed by atoms with Crippen LogP contribution < -0.4 is 18.3 Å². The zero-order valence-corrected chi connectivity index (χ0v) is 76.9. The molecule has 616 valence electrons. The molecule has 0 fully saturated rings. The van der Waals surface area contributed by atoms with Crippen LogP contribution >= 0.6 is 0 Å². The fourth-order valence-electron chi connectivity index (χ4n) is 18.4. The Kier molecular flexibility index (Phi) is 26.0. The van der Waals surface area contributed by atoms with Crippen LogP contribution in [0.4, 0.5) is 0 Å². The lowest BCUT2D eigenvalue weighted by molar-refractivity contribution is -0.635. The summed E-state index contributed by atoms with van der Waals surface area (Å²) in [6, 6.07) is 86.7. The predicted molar refractivity (Wildman–Crippen MR) is 508 cm³/mol. The highest BCUT2D eigenvalue weighted by molar-refractivity contribution is 5.84. The molecule has 0 amide bonds. The van der Waals surface area contributed by atoms with Crippen molar-refractivity contribution in [1.82, 2.24) is 23.3 Å². The first kappa shape index (κ1) is 86.3. The van der Waals surface area contributed by atoms with Gasteiger partial charge >= 0.3 is 5.65 Å². The van der Waals surface area contributed by atoms with Gasteiger partial charge in [-0.1, -0.05) is 269 Å². The second-order valence-corrected chi connectivity index (χ2v) is 35.9. The molecule has 8 aromatic carbocycles. The molecule has 0 N–H and O–H groups in total. The van der Waals surface area contributed by atoms with E-state index < -0.39 is 0 Å². The summed E-state index contributed by atoms with van der Waals surface area (Å²) in [5, 5.41) is 0. The number of pyridine rings is 4. The fraction of sp³-hybridized carbons (Fsp3) is 0.324. The van der Waals surface area contributed by atoms with Crippen molar-refractivity contribution in [3.8, 4) is 67.8 Å². The molecule has 0 bridgehead atoms. The molecule has 0 radical (unpaired) electrons. The number of fused-ring (bicyclic) bond motifs is 4. The average molecular weight is 1590 g/mol. The predicted octanol–water partition coefficient (Wildman–Crippen LogP) is 27.3. The van der Waals surface area contributed by atoms with E-state index in [0.717, 1.165) is 23.4 Å². The first-order chi connectivity index (χ1) is 57.4. The highest BCUT2D eigenvalue weighted by Crippen LogP contribution is 2.41. The number of aromatic nitrogens is 9. The van der Waals surface area contributed by atoms with Crippen molar-refractivity contribution < 1.29 is 18.3 Å². The molecule has 0 atom stereocenters. The summed E-state index contributed by atoms with van der Waals surface area (Å²) in [5.41, 5.74) is 44.2. The minimum absolute atomic E-state index is 0.440. The number of para-hydroxylation sites is 4. The standard InChI is InChI=1S/C29H35N2.C28H33N2.C27H32N3.C27H31N2/c1-8-22-18-28-27(17-16-26(30(28)7)25-13-10-9-12-21(25)6)31(22)29-23(19(2)3)14-11-15-24(29)20(4)5;1-18(2)22-13-10-14-23(19(3)4)28(22)30-21(6)17-27-26(30)16-15-25(29(27)7)24-12-9-8-11-20(24)5;1-17(2)21-13-10-14-22(18(3)4)26(21)30-20(6)28-27-25(30)16-15-24(29(27)7)23-12-9-8-11-19(23)5;1-18(2)21-12-9-13-22(19(3)4)27(21)29-17-16-25-26(29)15-14-24(28(25)6)23-11-8-7-10-20(23)5/h9-20H,8H2,1-7H3;8-19H,1-7H3;8-18H,1-7H3;7-19H,1-6H3/q4*+1. The van der Waals surface area contributed by atoms with Gasteiger partial charge < -0.3 is 13.7 Å². The van der Waals surface area contributed by atoms with E-state index >= 15 is 0 Å². The monoisotopic (exact) mass is 1590 g/mol. The summed E-state index contributed by atoms with van der Waals surface area (Å²) in [5.74, 6) is 4.73. The van der Waals surface area contributed by atoms with Crippen LogP contribution in [-0.2, 0) is 34.6 Å². The number of benzene rings is 8. The van der Waals surface area contributed by atoms with Crippen molar-refractivity contribution in [1.29, 1.82) is 0 Å². The SMILES string of the molecule is CCc1cc2c(ccc(-c3ccccc3C)[n+]2C)n1-c1c(C(C)C)cccc1C(C)C.Cc1ccccc1-c1ccc2c(cc(C)n2-c2c(C(C)C)cccc2C(C)C)[n+]1C.Cc1ccccc1-c1ccc2c(ccn2-c2c(C(C)C)cccc2C(C)C)[n+]1C.Cc1ccccc1-c1ccc2c(nc(C)n2-c2c(C(C)C)cccc2C(C)C)[n+]1C. The lowest BCUT2D eigenvalue weighted by Gasteiger charge is -2.22. The Morgan fingerprint density at radius 3 is 0.917 bits per heavy atom. The van der Waals surface area contributed by atoms with Gasteiger partial charge in [-0.25, -0.2) is 4.57 Å². The first-order valence-corrected chi connectivity index (χ1v) is 44.1.